The first-order valence-electron chi connectivity index (χ1n) is 6.35. The molecule has 0 aliphatic carbocycles. The lowest BCUT2D eigenvalue weighted by atomic mass is 10.3. The van der Waals surface area contributed by atoms with Crippen LogP contribution in [0.5, 0.6) is 5.75 Å². The molecule has 1 aromatic heterocycles. The van der Waals surface area contributed by atoms with Crippen molar-refractivity contribution < 1.29 is 4.74 Å². The van der Waals surface area contributed by atoms with Crippen molar-refractivity contribution in [3.63, 3.8) is 0 Å². The van der Waals surface area contributed by atoms with Gasteiger partial charge in [-0.3, -0.25) is 4.98 Å². The highest BCUT2D eigenvalue weighted by molar-refractivity contribution is 14.1. The maximum absolute atomic E-state index is 5.71. The monoisotopic (exact) mass is 368 g/mol. The lowest BCUT2D eigenvalue weighted by Gasteiger charge is -2.08. The molecule has 2 rings (SSSR count). The van der Waals surface area contributed by atoms with Gasteiger partial charge in [-0.1, -0.05) is 6.92 Å². The second kappa shape index (κ2) is 7.33. The van der Waals surface area contributed by atoms with Gasteiger partial charge >= 0.3 is 0 Å². The van der Waals surface area contributed by atoms with E-state index in [0.717, 1.165) is 30.1 Å². The Kier molecular flexibility index (Phi) is 5.44. The summed E-state index contributed by atoms with van der Waals surface area (Å²) in [6.45, 7) is 3.61. The van der Waals surface area contributed by atoms with Gasteiger partial charge in [-0.2, -0.15) is 0 Å². The standard InChI is InChI=1S/C15H17IN2O/c1-2-8-17-13-7-9-18-14(10-13)11-19-15-5-3-12(16)4-6-15/h3-7,9-10H,2,8,11H2,1H3,(H,17,18). The Hall–Kier alpha value is -1.30. The first kappa shape index (κ1) is 14.1. The van der Waals surface area contributed by atoms with Crippen molar-refractivity contribution in [2.24, 2.45) is 0 Å². The summed E-state index contributed by atoms with van der Waals surface area (Å²) in [5.74, 6) is 0.870. The molecule has 0 saturated heterocycles. The van der Waals surface area contributed by atoms with Crippen molar-refractivity contribution >= 4 is 28.3 Å². The fourth-order valence-electron chi connectivity index (χ4n) is 1.62. The molecule has 0 radical (unpaired) electrons. The number of nitrogens with one attached hydrogen (secondary N) is 1. The van der Waals surface area contributed by atoms with E-state index in [0.29, 0.717) is 6.61 Å². The highest BCUT2D eigenvalue weighted by Gasteiger charge is 1.99. The van der Waals surface area contributed by atoms with Crippen LogP contribution >= 0.6 is 22.6 Å². The average Bonchev–Trinajstić information content (AvgIpc) is 2.45. The van der Waals surface area contributed by atoms with E-state index in [2.05, 4.69) is 39.8 Å². The van der Waals surface area contributed by atoms with Gasteiger partial charge in [0, 0.05) is 22.0 Å². The molecule has 0 unspecified atom stereocenters. The molecule has 0 spiro atoms. The normalized spacial score (nSPS) is 10.2. The number of pyridine rings is 1. The van der Waals surface area contributed by atoms with E-state index in [-0.39, 0.29) is 0 Å². The summed E-state index contributed by atoms with van der Waals surface area (Å²) in [5, 5.41) is 3.34. The third-order valence-corrected chi connectivity index (χ3v) is 3.32. The van der Waals surface area contributed by atoms with Gasteiger partial charge in [0.2, 0.25) is 0 Å². The molecule has 0 fully saturated rings. The van der Waals surface area contributed by atoms with Crippen LogP contribution < -0.4 is 10.1 Å². The van der Waals surface area contributed by atoms with Crippen molar-refractivity contribution in [1.82, 2.24) is 4.98 Å². The van der Waals surface area contributed by atoms with Gasteiger partial charge in [0.05, 0.1) is 5.69 Å². The fourth-order valence-corrected chi connectivity index (χ4v) is 1.98. The summed E-state index contributed by atoms with van der Waals surface area (Å²) in [4.78, 5) is 4.31. The molecule has 0 amide bonds. The topological polar surface area (TPSA) is 34.2 Å². The lowest BCUT2D eigenvalue weighted by molar-refractivity contribution is 0.301. The maximum Gasteiger partial charge on any atom is 0.130 e. The first-order valence-corrected chi connectivity index (χ1v) is 7.43. The number of hydrogen-bond donors (Lipinski definition) is 1. The number of anilines is 1. The minimum atomic E-state index is 0.488. The Morgan fingerprint density at radius 2 is 2.00 bits per heavy atom. The number of benzene rings is 1. The second-order valence-corrected chi connectivity index (χ2v) is 5.45. The van der Waals surface area contributed by atoms with Gasteiger partial charge in [0.15, 0.2) is 0 Å². The minimum absolute atomic E-state index is 0.488. The molecule has 19 heavy (non-hydrogen) atoms. The van der Waals surface area contributed by atoms with Crippen LogP contribution in [0.2, 0.25) is 0 Å². The molecule has 1 N–H and O–H groups in total. The number of halogens is 1. The first-order chi connectivity index (χ1) is 9.28. The molecule has 0 aliphatic rings. The summed E-state index contributed by atoms with van der Waals surface area (Å²) < 4.78 is 6.92. The van der Waals surface area contributed by atoms with Crippen LogP contribution in [0, 0.1) is 3.57 Å². The van der Waals surface area contributed by atoms with Crippen molar-refractivity contribution in [3.05, 3.63) is 51.9 Å². The third kappa shape index (κ3) is 4.70. The zero-order valence-corrected chi connectivity index (χ0v) is 13.1. The van der Waals surface area contributed by atoms with Crippen molar-refractivity contribution in [2.75, 3.05) is 11.9 Å². The van der Waals surface area contributed by atoms with Crippen LogP contribution in [0.15, 0.2) is 42.6 Å². The van der Waals surface area contributed by atoms with Gasteiger partial charge in [-0.25, -0.2) is 0 Å². The molecule has 3 nitrogen and oxygen atoms in total. The zero-order valence-electron chi connectivity index (χ0n) is 10.9. The highest BCUT2D eigenvalue weighted by Crippen LogP contribution is 2.15. The molecule has 0 aliphatic heterocycles. The van der Waals surface area contributed by atoms with Crippen LogP contribution in [0.25, 0.3) is 0 Å². The number of rotatable bonds is 6. The van der Waals surface area contributed by atoms with E-state index in [1.807, 2.05) is 42.6 Å². The predicted octanol–water partition coefficient (Wildman–Crippen LogP) is 4.09. The third-order valence-electron chi connectivity index (χ3n) is 2.60. The van der Waals surface area contributed by atoms with Gasteiger partial charge in [0.1, 0.15) is 12.4 Å². The second-order valence-electron chi connectivity index (χ2n) is 4.21. The summed E-state index contributed by atoms with van der Waals surface area (Å²) in [6, 6.07) is 12.0. The number of ether oxygens (including phenoxy) is 1. The van der Waals surface area contributed by atoms with E-state index in [1.165, 1.54) is 3.57 Å². The number of nitrogens with zero attached hydrogens (tertiary/aromatic N) is 1. The van der Waals surface area contributed by atoms with Crippen molar-refractivity contribution in [3.8, 4) is 5.75 Å². The molecule has 4 heteroatoms. The Morgan fingerprint density at radius 3 is 2.74 bits per heavy atom. The fraction of sp³-hybridized carbons (Fsp3) is 0.267. The smallest absolute Gasteiger partial charge is 0.130 e. The van der Waals surface area contributed by atoms with Gasteiger partial charge in [-0.15, -0.1) is 0 Å². The summed E-state index contributed by atoms with van der Waals surface area (Å²) in [6.07, 6.45) is 2.92. The van der Waals surface area contributed by atoms with E-state index in [9.17, 15) is 0 Å². The largest absolute Gasteiger partial charge is 0.487 e. The van der Waals surface area contributed by atoms with Crippen LogP contribution in [0.3, 0.4) is 0 Å². The summed E-state index contributed by atoms with van der Waals surface area (Å²) >= 11 is 2.28. The summed E-state index contributed by atoms with van der Waals surface area (Å²) in [5.41, 5.74) is 2.03. The van der Waals surface area contributed by atoms with Gasteiger partial charge in [0.25, 0.3) is 0 Å². The molecule has 1 aromatic carbocycles. The molecule has 0 saturated carbocycles. The predicted molar refractivity (Wildman–Crippen MR) is 86.5 cm³/mol. The minimum Gasteiger partial charge on any atom is -0.487 e. The molecule has 1 heterocycles. The van der Waals surface area contributed by atoms with Crippen molar-refractivity contribution in [2.45, 2.75) is 20.0 Å². The number of hydrogen-bond acceptors (Lipinski definition) is 3. The number of aromatic nitrogens is 1. The van der Waals surface area contributed by atoms with Gasteiger partial charge < -0.3 is 10.1 Å². The summed E-state index contributed by atoms with van der Waals surface area (Å²) in [7, 11) is 0. The van der Waals surface area contributed by atoms with E-state index in [4.69, 9.17) is 4.74 Å². The van der Waals surface area contributed by atoms with Crippen LogP contribution in [-0.2, 0) is 6.61 Å². The Morgan fingerprint density at radius 1 is 1.21 bits per heavy atom. The van der Waals surface area contributed by atoms with Gasteiger partial charge in [-0.05, 0) is 65.4 Å². The molecule has 100 valence electrons. The van der Waals surface area contributed by atoms with Crippen LogP contribution in [0.4, 0.5) is 5.69 Å². The van der Waals surface area contributed by atoms with Crippen molar-refractivity contribution in [1.29, 1.82) is 0 Å². The Balaban J connectivity index is 1.93. The van der Waals surface area contributed by atoms with Crippen LogP contribution in [-0.4, -0.2) is 11.5 Å². The molecule has 0 atom stereocenters. The van der Waals surface area contributed by atoms with E-state index < -0.39 is 0 Å². The Labute approximate surface area is 127 Å². The van der Waals surface area contributed by atoms with E-state index >= 15 is 0 Å². The SMILES string of the molecule is CCCNc1ccnc(COc2ccc(I)cc2)c1. The highest BCUT2D eigenvalue weighted by atomic mass is 127. The quantitative estimate of drug-likeness (QED) is 0.780. The molecular weight excluding hydrogens is 351 g/mol. The average molecular weight is 368 g/mol. The molecule has 0 bridgehead atoms. The lowest BCUT2D eigenvalue weighted by Crippen LogP contribution is -2.03. The molecular formula is C15H17IN2O. The van der Waals surface area contributed by atoms with Crippen LogP contribution in [0.1, 0.15) is 19.0 Å². The zero-order chi connectivity index (χ0) is 13.5. The Bertz CT molecular complexity index is 514. The molecule has 2 aromatic rings. The van der Waals surface area contributed by atoms with E-state index in [1.54, 1.807) is 0 Å². The maximum atomic E-state index is 5.71.